The molecular weight excluding hydrogens is 386 g/mol. The van der Waals surface area contributed by atoms with Crippen molar-refractivity contribution in [3.8, 4) is 0 Å². The lowest BCUT2D eigenvalue weighted by atomic mass is 9.89. The fourth-order valence-corrected chi connectivity index (χ4v) is 4.55. The molecule has 0 aliphatic heterocycles. The Morgan fingerprint density at radius 2 is 1.69 bits per heavy atom. The molecule has 0 atom stereocenters. The van der Waals surface area contributed by atoms with Crippen molar-refractivity contribution in [3.05, 3.63) is 42.0 Å². The number of benzene rings is 2. The Labute approximate surface area is 172 Å². The minimum Gasteiger partial charge on any atom is -0.399 e. The van der Waals surface area contributed by atoms with Crippen LogP contribution in [-0.4, -0.2) is 16.8 Å². The number of hydrogen-bond donors (Lipinski definition) is 4. The molecule has 2 aromatic carbocycles. The van der Waals surface area contributed by atoms with Crippen molar-refractivity contribution in [2.45, 2.75) is 32.1 Å². The number of hydrogen-bond acceptors (Lipinski definition) is 6. The number of thiazole rings is 1. The van der Waals surface area contributed by atoms with Crippen molar-refractivity contribution in [2.75, 3.05) is 22.1 Å². The molecule has 0 radical (unpaired) electrons. The zero-order valence-electron chi connectivity index (χ0n) is 15.9. The summed E-state index contributed by atoms with van der Waals surface area (Å²) in [6.07, 6.45) is 5.32. The van der Waals surface area contributed by atoms with Gasteiger partial charge in [0.1, 0.15) is 0 Å². The number of carbonyl (C=O) groups excluding carboxylic acids is 2. The first kappa shape index (κ1) is 19.2. The Morgan fingerprint density at radius 3 is 2.41 bits per heavy atom. The molecule has 1 heterocycles. The van der Waals surface area contributed by atoms with E-state index in [0.29, 0.717) is 27.8 Å². The second-order valence-electron chi connectivity index (χ2n) is 7.37. The van der Waals surface area contributed by atoms with Crippen LogP contribution in [0.1, 0.15) is 42.5 Å². The van der Waals surface area contributed by atoms with Crippen LogP contribution in [0.5, 0.6) is 0 Å². The molecule has 0 bridgehead atoms. The van der Waals surface area contributed by atoms with Crippen LogP contribution in [0.3, 0.4) is 0 Å². The highest BCUT2D eigenvalue weighted by molar-refractivity contribution is 7.22. The van der Waals surface area contributed by atoms with E-state index in [1.165, 1.54) is 17.8 Å². The summed E-state index contributed by atoms with van der Waals surface area (Å²) in [5.41, 5.74) is 14.2. The van der Waals surface area contributed by atoms with Gasteiger partial charge in [-0.3, -0.25) is 9.59 Å². The Morgan fingerprint density at radius 1 is 0.966 bits per heavy atom. The van der Waals surface area contributed by atoms with Crippen molar-refractivity contribution in [1.29, 1.82) is 0 Å². The lowest BCUT2D eigenvalue weighted by molar-refractivity contribution is -0.120. The third kappa shape index (κ3) is 4.48. The highest BCUT2D eigenvalue weighted by Crippen LogP contribution is 2.30. The summed E-state index contributed by atoms with van der Waals surface area (Å²) >= 11 is 1.40. The molecule has 2 amide bonds. The van der Waals surface area contributed by atoms with Crippen LogP contribution in [0.2, 0.25) is 0 Å². The number of rotatable bonds is 4. The molecule has 1 saturated carbocycles. The molecule has 4 rings (SSSR count). The van der Waals surface area contributed by atoms with Gasteiger partial charge in [-0.2, -0.15) is 0 Å². The smallest absolute Gasteiger partial charge is 0.255 e. The summed E-state index contributed by atoms with van der Waals surface area (Å²) in [6.45, 7) is 0. The van der Waals surface area contributed by atoms with Gasteiger partial charge in [-0.15, -0.1) is 0 Å². The number of fused-ring (bicyclic) bond motifs is 1. The number of anilines is 4. The largest absolute Gasteiger partial charge is 0.399 e. The summed E-state index contributed by atoms with van der Waals surface area (Å²) in [5, 5.41) is 6.39. The molecule has 0 spiro atoms. The van der Waals surface area contributed by atoms with Gasteiger partial charge in [0.2, 0.25) is 5.91 Å². The molecule has 0 unspecified atom stereocenters. The second-order valence-corrected chi connectivity index (χ2v) is 8.40. The predicted molar refractivity (Wildman–Crippen MR) is 118 cm³/mol. The Hall–Kier alpha value is -3.13. The minimum absolute atomic E-state index is 0.0523. The van der Waals surface area contributed by atoms with E-state index in [2.05, 4.69) is 15.6 Å². The highest BCUT2D eigenvalue weighted by Gasteiger charge is 2.22. The van der Waals surface area contributed by atoms with Gasteiger partial charge in [-0.1, -0.05) is 30.6 Å². The van der Waals surface area contributed by atoms with Crippen molar-refractivity contribution >= 4 is 55.6 Å². The van der Waals surface area contributed by atoms with Crippen molar-refractivity contribution in [2.24, 2.45) is 5.92 Å². The van der Waals surface area contributed by atoms with Crippen molar-refractivity contribution < 1.29 is 9.59 Å². The van der Waals surface area contributed by atoms with E-state index < -0.39 is 0 Å². The molecule has 1 aliphatic rings. The Balaban J connectivity index is 1.47. The fraction of sp³-hybridized carbons (Fsp3) is 0.286. The van der Waals surface area contributed by atoms with Gasteiger partial charge in [0.25, 0.3) is 5.91 Å². The summed E-state index contributed by atoms with van der Waals surface area (Å²) in [5.74, 6) is -0.161. The minimum atomic E-state index is -0.293. The standard InChI is InChI=1S/C21H23N5O2S/c22-14-8-13(9-15(23)10-14)20(28)24-16-6-7-17-18(11-16)29-21(25-17)26-19(27)12-4-2-1-3-5-12/h6-12H,1-5,22-23H2,(H,24,28)(H,25,26,27). The van der Waals surface area contributed by atoms with E-state index in [0.717, 1.165) is 35.9 Å². The van der Waals surface area contributed by atoms with Crippen LogP contribution in [0.25, 0.3) is 10.2 Å². The fourth-order valence-electron chi connectivity index (χ4n) is 3.64. The van der Waals surface area contributed by atoms with Gasteiger partial charge < -0.3 is 22.1 Å². The Kier molecular flexibility index (Phi) is 5.35. The quantitative estimate of drug-likeness (QED) is 0.480. The summed E-state index contributed by atoms with van der Waals surface area (Å²) < 4.78 is 0.883. The second kappa shape index (κ2) is 8.08. The predicted octanol–water partition coefficient (Wildman–Crippen LogP) is 4.23. The van der Waals surface area contributed by atoms with E-state index >= 15 is 0 Å². The van der Waals surface area contributed by atoms with Gasteiger partial charge in [0.05, 0.1) is 10.2 Å². The normalized spacial score (nSPS) is 14.6. The van der Waals surface area contributed by atoms with Gasteiger partial charge in [0, 0.05) is 28.5 Å². The average molecular weight is 410 g/mol. The van der Waals surface area contributed by atoms with Crippen LogP contribution in [0, 0.1) is 5.92 Å². The number of aromatic nitrogens is 1. The number of amides is 2. The maximum atomic E-state index is 12.5. The van der Waals surface area contributed by atoms with E-state index in [-0.39, 0.29) is 17.7 Å². The molecule has 150 valence electrons. The van der Waals surface area contributed by atoms with E-state index in [1.54, 1.807) is 24.3 Å². The first-order chi connectivity index (χ1) is 14.0. The van der Waals surface area contributed by atoms with Crippen LogP contribution < -0.4 is 22.1 Å². The molecular formula is C21H23N5O2S. The number of carbonyl (C=O) groups is 2. The Bertz CT molecular complexity index is 1050. The zero-order chi connectivity index (χ0) is 20.4. The number of nitrogen functional groups attached to an aromatic ring is 2. The number of nitrogens with one attached hydrogen (secondary N) is 2. The third-order valence-corrected chi connectivity index (χ3v) is 6.03. The summed E-state index contributed by atoms with van der Waals surface area (Å²) in [6, 6.07) is 10.2. The molecule has 0 saturated heterocycles. The first-order valence-corrected chi connectivity index (χ1v) is 10.5. The number of nitrogens with two attached hydrogens (primary N) is 2. The van der Waals surface area contributed by atoms with Gasteiger partial charge in [-0.25, -0.2) is 4.98 Å². The van der Waals surface area contributed by atoms with E-state index in [4.69, 9.17) is 11.5 Å². The topological polar surface area (TPSA) is 123 Å². The maximum absolute atomic E-state index is 12.5. The molecule has 29 heavy (non-hydrogen) atoms. The lowest BCUT2D eigenvalue weighted by Crippen LogP contribution is -2.24. The van der Waals surface area contributed by atoms with Gasteiger partial charge in [0.15, 0.2) is 5.13 Å². The lowest BCUT2D eigenvalue weighted by Gasteiger charge is -2.19. The van der Waals surface area contributed by atoms with Crippen molar-refractivity contribution in [3.63, 3.8) is 0 Å². The zero-order valence-corrected chi connectivity index (χ0v) is 16.7. The molecule has 1 fully saturated rings. The van der Waals surface area contributed by atoms with Crippen LogP contribution >= 0.6 is 11.3 Å². The molecule has 6 N–H and O–H groups in total. The average Bonchev–Trinajstić information content (AvgIpc) is 3.09. The third-order valence-electron chi connectivity index (χ3n) is 5.09. The summed E-state index contributed by atoms with van der Waals surface area (Å²) in [7, 11) is 0. The molecule has 8 heteroatoms. The SMILES string of the molecule is Nc1cc(N)cc(C(=O)Nc2ccc3nc(NC(=O)C4CCCCC4)sc3c2)c1. The van der Waals surface area contributed by atoms with Crippen LogP contribution in [-0.2, 0) is 4.79 Å². The van der Waals surface area contributed by atoms with E-state index in [9.17, 15) is 9.59 Å². The molecule has 1 aromatic heterocycles. The first-order valence-electron chi connectivity index (χ1n) is 9.67. The van der Waals surface area contributed by atoms with Crippen LogP contribution in [0.4, 0.5) is 22.2 Å². The molecule has 1 aliphatic carbocycles. The monoisotopic (exact) mass is 409 g/mol. The summed E-state index contributed by atoms with van der Waals surface area (Å²) in [4.78, 5) is 29.4. The van der Waals surface area contributed by atoms with E-state index in [1.807, 2.05) is 12.1 Å². The molecule has 7 nitrogen and oxygen atoms in total. The maximum Gasteiger partial charge on any atom is 0.255 e. The molecule has 3 aromatic rings. The van der Waals surface area contributed by atoms with Gasteiger partial charge in [-0.05, 0) is 49.2 Å². The number of nitrogens with zero attached hydrogens (tertiary/aromatic N) is 1. The van der Waals surface area contributed by atoms with Crippen LogP contribution in [0.15, 0.2) is 36.4 Å². The highest BCUT2D eigenvalue weighted by atomic mass is 32.1. The van der Waals surface area contributed by atoms with Crippen molar-refractivity contribution in [1.82, 2.24) is 4.98 Å². The van der Waals surface area contributed by atoms with Gasteiger partial charge >= 0.3 is 0 Å².